The zero-order valence-corrected chi connectivity index (χ0v) is 13.4. The maximum Gasteiger partial charge on any atom is 0.408 e. The molecule has 4 heteroatoms. The molecule has 0 aliphatic heterocycles. The lowest BCUT2D eigenvalue weighted by molar-refractivity contribution is 0.141. The van der Waals surface area contributed by atoms with Crippen LogP contribution >= 0.6 is 0 Å². The van der Waals surface area contributed by atoms with Crippen molar-refractivity contribution in [2.24, 2.45) is 0 Å². The SMILES string of the molecule is CN(C)c1ccccc1C#CCNC(=O)OCc1ccccc1. The number of hydrogen-bond acceptors (Lipinski definition) is 3. The summed E-state index contributed by atoms with van der Waals surface area (Å²) in [5.41, 5.74) is 2.93. The Balaban J connectivity index is 1.80. The minimum absolute atomic E-state index is 0.245. The van der Waals surface area contributed by atoms with E-state index < -0.39 is 6.09 Å². The smallest absolute Gasteiger partial charge is 0.408 e. The van der Waals surface area contributed by atoms with E-state index in [1.165, 1.54) is 0 Å². The standard InChI is InChI=1S/C19H20N2O2/c1-21(2)18-13-7-6-11-17(18)12-8-14-20-19(22)23-15-16-9-4-3-5-10-16/h3-7,9-11,13H,14-15H2,1-2H3,(H,20,22). The number of alkyl carbamates (subject to hydrolysis) is 1. The summed E-state index contributed by atoms with van der Waals surface area (Å²) in [7, 11) is 3.94. The third-order valence-electron chi connectivity index (χ3n) is 3.14. The number of nitrogens with zero attached hydrogens (tertiary/aromatic N) is 1. The number of ether oxygens (including phenoxy) is 1. The average Bonchev–Trinajstić information content (AvgIpc) is 2.58. The molecular formula is C19H20N2O2. The lowest BCUT2D eigenvalue weighted by atomic mass is 10.1. The van der Waals surface area contributed by atoms with Gasteiger partial charge in [0.15, 0.2) is 0 Å². The van der Waals surface area contributed by atoms with Crippen LogP contribution in [0.3, 0.4) is 0 Å². The second-order valence-electron chi connectivity index (χ2n) is 5.13. The van der Waals surface area contributed by atoms with Crippen LogP contribution in [-0.4, -0.2) is 26.7 Å². The molecular weight excluding hydrogens is 288 g/mol. The van der Waals surface area contributed by atoms with Crippen molar-refractivity contribution in [2.45, 2.75) is 6.61 Å². The molecule has 0 saturated carbocycles. The Morgan fingerprint density at radius 2 is 1.78 bits per heavy atom. The van der Waals surface area contributed by atoms with Gasteiger partial charge in [0.2, 0.25) is 0 Å². The molecule has 1 N–H and O–H groups in total. The topological polar surface area (TPSA) is 41.6 Å². The van der Waals surface area contributed by atoms with Crippen molar-refractivity contribution in [1.29, 1.82) is 0 Å². The van der Waals surface area contributed by atoms with Crippen LogP contribution in [0, 0.1) is 11.8 Å². The van der Waals surface area contributed by atoms with Gasteiger partial charge in [-0.3, -0.25) is 0 Å². The van der Waals surface area contributed by atoms with E-state index in [-0.39, 0.29) is 13.2 Å². The highest BCUT2D eigenvalue weighted by Gasteiger charge is 2.01. The van der Waals surface area contributed by atoms with Crippen molar-refractivity contribution in [3.63, 3.8) is 0 Å². The Kier molecular flexibility index (Phi) is 6.07. The molecule has 2 rings (SSSR count). The number of carbonyl (C=O) groups excluding carboxylic acids is 1. The van der Waals surface area contributed by atoms with Gasteiger partial charge in [-0.15, -0.1) is 0 Å². The number of amides is 1. The van der Waals surface area contributed by atoms with Crippen LogP contribution in [0.2, 0.25) is 0 Å². The van der Waals surface area contributed by atoms with E-state index >= 15 is 0 Å². The Morgan fingerprint density at radius 1 is 1.09 bits per heavy atom. The molecule has 0 aliphatic rings. The average molecular weight is 308 g/mol. The van der Waals surface area contributed by atoms with Crippen molar-refractivity contribution in [3.05, 3.63) is 65.7 Å². The van der Waals surface area contributed by atoms with Crippen LogP contribution in [0.25, 0.3) is 0 Å². The summed E-state index contributed by atoms with van der Waals surface area (Å²) < 4.78 is 5.12. The Hall–Kier alpha value is -2.93. The molecule has 0 atom stereocenters. The molecule has 0 spiro atoms. The summed E-state index contributed by atoms with van der Waals surface area (Å²) >= 11 is 0. The normalized spacial score (nSPS) is 9.48. The third kappa shape index (κ3) is 5.40. The number of carbonyl (C=O) groups is 1. The quantitative estimate of drug-likeness (QED) is 0.883. The van der Waals surface area contributed by atoms with Crippen LogP contribution in [0.5, 0.6) is 0 Å². The van der Waals surface area contributed by atoms with Gasteiger partial charge in [-0.1, -0.05) is 54.3 Å². The fourth-order valence-electron chi connectivity index (χ4n) is 2.00. The summed E-state index contributed by atoms with van der Waals surface area (Å²) in [4.78, 5) is 13.6. The minimum atomic E-state index is -0.468. The zero-order valence-electron chi connectivity index (χ0n) is 13.4. The van der Waals surface area contributed by atoms with Gasteiger partial charge in [0.25, 0.3) is 0 Å². The lowest BCUT2D eigenvalue weighted by Gasteiger charge is -2.13. The van der Waals surface area contributed by atoms with Gasteiger partial charge in [0.05, 0.1) is 12.2 Å². The first-order valence-electron chi connectivity index (χ1n) is 7.36. The van der Waals surface area contributed by atoms with E-state index in [0.29, 0.717) is 0 Å². The fraction of sp³-hybridized carbons (Fsp3) is 0.211. The molecule has 0 radical (unpaired) electrons. The first kappa shape index (κ1) is 16.4. The van der Waals surface area contributed by atoms with Crippen LogP contribution in [0.4, 0.5) is 10.5 Å². The van der Waals surface area contributed by atoms with Crippen molar-refractivity contribution < 1.29 is 9.53 Å². The number of hydrogen-bond donors (Lipinski definition) is 1. The van der Waals surface area contributed by atoms with E-state index in [1.807, 2.05) is 73.6 Å². The van der Waals surface area contributed by atoms with Gasteiger partial charge in [-0.2, -0.15) is 0 Å². The van der Waals surface area contributed by atoms with E-state index in [0.717, 1.165) is 16.8 Å². The van der Waals surface area contributed by atoms with E-state index in [1.54, 1.807) is 0 Å². The van der Waals surface area contributed by atoms with Crippen molar-refractivity contribution >= 4 is 11.8 Å². The first-order valence-corrected chi connectivity index (χ1v) is 7.36. The Labute approximate surface area is 137 Å². The highest BCUT2D eigenvalue weighted by Crippen LogP contribution is 2.16. The highest BCUT2D eigenvalue weighted by atomic mass is 16.5. The number of benzene rings is 2. The van der Waals surface area contributed by atoms with E-state index in [4.69, 9.17) is 4.74 Å². The van der Waals surface area contributed by atoms with Crippen LogP contribution in [0.1, 0.15) is 11.1 Å². The molecule has 0 aromatic heterocycles. The summed E-state index contributed by atoms with van der Waals surface area (Å²) in [5, 5.41) is 2.62. The van der Waals surface area contributed by atoms with Crippen LogP contribution < -0.4 is 10.2 Å². The summed E-state index contributed by atoms with van der Waals surface area (Å²) in [5.74, 6) is 6.00. The van der Waals surface area contributed by atoms with Crippen molar-refractivity contribution in [1.82, 2.24) is 5.32 Å². The van der Waals surface area contributed by atoms with E-state index in [2.05, 4.69) is 17.2 Å². The van der Waals surface area contributed by atoms with Gasteiger partial charge in [0.1, 0.15) is 6.61 Å². The van der Waals surface area contributed by atoms with Crippen molar-refractivity contribution in [2.75, 3.05) is 25.5 Å². The van der Waals surface area contributed by atoms with Crippen LogP contribution in [0.15, 0.2) is 54.6 Å². The maximum atomic E-state index is 11.6. The number of para-hydroxylation sites is 1. The molecule has 4 nitrogen and oxygen atoms in total. The maximum absolute atomic E-state index is 11.6. The van der Waals surface area contributed by atoms with Gasteiger partial charge >= 0.3 is 6.09 Å². The van der Waals surface area contributed by atoms with Gasteiger partial charge < -0.3 is 15.0 Å². The first-order chi connectivity index (χ1) is 11.2. The predicted molar refractivity (Wildman–Crippen MR) is 92.3 cm³/mol. The van der Waals surface area contributed by atoms with E-state index in [9.17, 15) is 4.79 Å². The van der Waals surface area contributed by atoms with Gasteiger partial charge in [-0.25, -0.2) is 4.79 Å². The summed E-state index contributed by atoms with van der Waals surface area (Å²) in [6, 6.07) is 17.4. The second kappa shape index (κ2) is 8.50. The molecule has 0 fully saturated rings. The molecule has 23 heavy (non-hydrogen) atoms. The van der Waals surface area contributed by atoms with Gasteiger partial charge in [0, 0.05) is 19.7 Å². The lowest BCUT2D eigenvalue weighted by Crippen LogP contribution is -2.24. The highest BCUT2D eigenvalue weighted by molar-refractivity contribution is 5.67. The number of rotatable bonds is 4. The minimum Gasteiger partial charge on any atom is -0.445 e. The summed E-state index contributed by atoms with van der Waals surface area (Å²) in [6.07, 6.45) is -0.468. The molecule has 0 saturated heterocycles. The van der Waals surface area contributed by atoms with Gasteiger partial charge in [-0.05, 0) is 17.7 Å². The third-order valence-corrected chi connectivity index (χ3v) is 3.14. The van der Waals surface area contributed by atoms with Crippen LogP contribution in [-0.2, 0) is 11.3 Å². The molecule has 0 unspecified atom stereocenters. The summed E-state index contributed by atoms with van der Waals surface area (Å²) in [6.45, 7) is 0.499. The Bertz CT molecular complexity index is 700. The molecule has 0 heterocycles. The number of anilines is 1. The van der Waals surface area contributed by atoms with Crippen molar-refractivity contribution in [3.8, 4) is 11.8 Å². The molecule has 2 aromatic carbocycles. The largest absolute Gasteiger partial charge is 0.445 e. The molecule has 0 aliphatic carbocycles. The molecule has 118 valence electrons. The Morgan fingerprint density at radius 3 is 2.52 bits per heavy atom. The number of nitrogens with one attached hydrogen (secondary N) is 1. The molecule has 2 aromatic rings. The monoisotopic (exact) mass is 308 g/mol. The molecule has 0 bridgehead atoms. The zero-order chi connectivity index (χ0) is 16.5. The second-order valence-corrected chi connectivity index (χ2v) is 5.13. The predicted octanol–water partition coefficient (Wildman–Crippen LogP) is 3.03. The molecule has 1 amide bonds. The fourth-order valence-corrected chi connectivity index (χ4v) is 2.00.